The van der Waals surface area contributed by atoms with E-state index in [1.807, 2.05) is 57.9 Å². The van der Waals surface area contributed by atoms with Crippen LogP contribution in [0.4, 0.5) is 0 Å². The van der Waals surface area contributed by atoms with Gasteiger partial charge in [-0.05, 0) is 106 Å². The number of nitrogens with zero attached hydrogens (tertiary/aromatic N) is 3. The molecule has 0 bridgehead atoms. The minimum absolute atomic E-state index is 0.0151. The zero-order valence-electron chi connectivity index (χ0n) is 35.6. The molecule has 0 spiro atoms. The van der Waals surface area contributed by atoms with Gasteiger partial charge in [0.05, 0.1) is 18.3 Å². The molecule has 1 unspecified atom stereocenters. The number of aliphatic imine (C=N–C) groups is 2. The highest BCUT2D eigenvalue weighted by molar-refractivity contribution is 7.90. The summed E-state index contributed by atoms with van der Waals surface area (Å²) in [4.78, 5) is 35.9. The first-order chi connectivity index (χ1) is 24.6. The van der Waals surface area contributed by atoms with Crippen molar-refractivity contribution in [3.8, 4) is 0 Å². The standard InChI is InChI=1S/C30H49N5O2.C7H14O2S.C3H7N.C2H6/c1-8-19-34-30(17-13-24(14-18-30)29(5,6)7)35(21-36)25(15-16-28(2,3)4)22-9-11-23(12-10-22)27(37)33-20-26(31)32;1-4-7(2)5-6-10(3,8)9;1-3-4-2;1-2/h9-12,19,21,24-25H,8,13-18,20H2,1-7H3,(H3,31,32)(H,33,37);5H,4,6H2,1-3H3;2-3H2,1H3;1-2H3/b34-19-;7-5-;;. The lowest BCUT2D eigenvalue weighted by Gasteiger charge is -2.49. The molecule has 2 rings (SSSR count). The maximum atomic E-state index is 12.9. The van der Waals surface area contributed by atoms with Crippen molar-refractivity contribution in [2.75, 3.05) is 25.1 Å². The van der Waals surface area contributed by atoms with Gasteiger partial charge in [0, 0.05) is 24.6 Å². The maximum Gasteiger partial charge on any atom is 0.251 e. The number of amides is 2. The molecule has 4 N–H and O–H groups in total. The highest BCUT2D eigenvalue weighted by Gasteiger charge is 2.44. The first kappa shape index (κ1) is 51.8. The molecule has 0 radical (unpaired) electrons. The molecule has 10 nitrogen and oxygen atoms in total. The minimum Gasteiger partial charge on any atom is -0.386 e. The topological polar surface area (TPSA) is 158 Å². The maximum absolute atomic E-state index is 12.9. The molecule has 0 heterocycles. The van der Waals surface area contributed by atoms with E-state index in [0.717, 1.165) is 75.5 Å². The van der Waals surface area contributed by atoms with E-state index in [0.29, 0.717) is 11.5 Å². The van der Waals surface area contributed by atoms with Crippen molar-refractivity contribution in [1.82, 2.24) is 10.2 Å². The van der Waals surface area contributed by atoms with Gasteiger partial charge >= 0.3 is 0 Å². The molecule has 0 aromatic heterocycles. The molecule has 304 valence electrons. The summed E-state index contributed by atoms with van der Waals surface area (Å²) in [5.41, 5.74) is 7.79. The van der Waals surface area contributed by atoms with Crippen LogP contribution in [-0.4, -0.2) is 75.2 Å². The molecule has 53 heavy (non-hydrogen) atoms. The Morgan fingerprint density at radius 3 is 2.00 bits per heavy atom. The Morgan fingerprint density at radius 2 is 1.62 bits per heavy atom. The second kappa shape index (κ2) is 25.6. The van der Waals surface area contributed by atoms with Gasteiger partial charge in [-0.15, -0.1) is 0 Å². The lowest BCUT2D eigenvalue weighted by atomic mass is 9.69. The van der Waals surface area contributed by atoms with Gasteiger partial charge in [0.2, 0.25) is 6.41 Å². The number of amidine groups is 1. The molecule has 0 aliphatic heterocycles. The summed E-state index contributed by atoms with van der Waals surface area (Å²) in [6, 6.07) is 7.33. The first-order valence-electron chi connectivity index (χ1n) is 19.3. The Balaban J connectivity index is 0. The van der Waals surface area contributed by atoms with E-state index in [-0.39, 0.29) is 40.9 Å². The second-order valence-corrected chi connectivity index (χ2v) is 18.0. The monoisotopic (exact) mass is 761 g/mol. The smallest absolute Gasteiger partial charge is 0.251 e. The Hall–Kier alpha value is -3.34. The lowest BCUT2D eigenvalue weighted by Crippen LogP contribution is -2.51. The number of nitrogens with two attached hydrogens (primary N) is 1. The van der Waals surface area contributed by atoms with Crippen molar-refractivity contribution in [2.24, 2.45) is 32.5 Å². The van der Waals surface area contributed by atoms with Crippen LogP contribution in [0, 0.1) is 22.2 Å². The van der Waals surface area contributed by atoms with Gasteiger partial charge < -0.3 is 20.9 Å². The number of sulfone groups is 1. The van der Waals surface area contributed by atoms with Gasteiger partial charge in [-0.2, -0.15) is 0 Å². The number of allylic oxidation sites excluding steroid dienone is 1. The van der Waals surface area contributed by atoms with Crippen molar-refractivity contribution in [3.63, 3.8) is 0 Å². The normalized spacial score (nSPS) is 18.1. The van der Waals surface area contributed by atoms with E-state index >= 15 is 0 Å². The minimum atomic E-state index is -2.81. The van der Waals surface area contributed by atoms with Crippen LogP contribution in [0.3, 0.4) is 0 Å². The van der Waals surface area contributed by atoms with Crippen molar-refractivity contribution < 1.29 is 18.0 Å². The van der Waals surface area contributed by atoms with E-state index in [9.17, 15) is 18.0 Å². The summed E-state index contributed by atoms with van der Waals surface area (Å²) < 4.78 is 21.2. The Morgan fingerprint density at radius 1 is 1.09 bits per heavy atom. The summed E-state index contributed by atoms with van der Waals surface area (Å²) >= 11 is 0. The fraction of sp³-hybridized carbons (Fsp3) is 0.690. The number of hydrogen-bond donors (Lipinski definition) is 3. The largest absolute Gasteiger partial charge is 0.386 e. The molecule has 2 amide bonds. The second-order valence-electron chi connectivity index (χ2n) is 15.8. The molecule has 1 aliphatic carbocycles. The molecular weight excluding hydrogens is 685 g/mol. The zero-order chi connectivity index (χ0) is 41.5. The molecule has 1 aromatic carbocycles. The summed E-state index contributed by atoms with van der Waals surface area (Å²) in [6.45, 7) is 29.6. The summed E-state index contributed by atoms with van der Waals surface area (Å²) in [7, 11) is -2.81. The molecule has 1 atom stereocenters. The fourth-order valence-corrected chi connectivity index (χ4v) is 6.32. The highest BCUT2D eigenvalue weighted by atomic mass is 32.2. The predicted octanol–water partition coefficient (Wildman–Crippen LogP) is 9.21. The fourth-order valence-electron chi connectivity index (χ4n) is 5.73. The highest BCUT2D eigenvalue weighted by Crippen LogP contribution is 2.47. The number of carbonyl (C=O) groups is 2. The molecule has 11 heteroatoms. The van der Waals surface area contributed by atoms with Crippen LogP contribution < -0.4 is 11.1 Å². The van der Waals surface area contributed by atoms with Crippen molar-refractivity contribution in [3.05, 3.63) is 47.0 Å². The Kier molecular flexibility index (Phi) is 25.0. The van der Waals surface area contributed by atoms with Crippen LogP contribution in [0.1, 0.15) is 156 Å². The van der Waals surface area contributed by atoms with Gasteiger partial charge in [-0.3, -0.25) is 20.0 Å². The van der Waals surface area contributed by atoms with Gasteiger partial charge in [-0.1, -0.05) is 93.0 Å². The van der Waals surface area contributed by atoms with E-state index in [1.165, 1.54) is 6.26 Å². The quantitative estimate of drug-likeness (QED) is 0.0703. The van der Waals surface area contributed by atoms with E-state index in [4.69, 9.17) is 16.1 Å². The molecule has 1 fully saturated rings. The van der Waals surface area contributed by atoms with Crippen LogP contribution in [0.15, 0.2) is 45.9 Å². The Bertz CT molecular complexity index is 1380. The summed E-state index contributed by atoms with van der Waals surface area (Å²) in [5, 5.41) is 9.98. The third-order valence-corrected chi connectivity index (χ3v) is 9.91. The average molecular weight is 761 g/mol. The van der Waals surface area contributed by atoms with Crippen LogP contribution in [0.25, 0.3) is 0 Å². The van der Waals surface area contributed by atoms with E-state index in [2.05, 4.69) is 65.5 Å². The summed E-state index contributed by atoms with van der Waals surface area (Å²) in [5.74, 6) is 0.414. The average Bonchev–Trinajstić information content (AvgIpc) is 3.10. The number of hydrogen-bond acceptors (Lipinski definition) is 7. The third kappa shape index (κ3) is 21.8. The number of nitrogens with one attached hydrogen (secondary N) is 2. The van der Waals surface area contributed by atoms with Gasteiger partial charge in [0.1, 0.15) is 11.5 Å². The molecule has 0 saturated heterocycles. The predicted molar refractivity (Wildman–Crippen MR) is 228 cm³/mol. The van der Waals surface area contributed by atoms with E-state index < -0.39 is 15.5 Å². The van der Waals surface area contributed by atoms with E-state index in [1.54, 1.807) is 18.2 Å². The molecular formula is C42H76N6O4S. The Labute approximate surface area is 324 Å². The van der Waals surface area contributed by atoms with Crippen LogP contribution >= 0.6 is 0 Å². The van der Waals surface area contributed by atoms with Gasteiger partial charge in [0.25, 0.3) is 5.91 Å². The zero-order valence-corrected chi connectivity index (χ0v) is 36.5. The molecule has 1 saturated carbocycles. The van der Waals surface area contributed by atoms with Crippen LogP contribution in [0.5, 0.6) is 0 Å². The SMILES string of the molecule is C=NCC.CC.CC/C(C)=C\CS(C)(=O)=O.CC/C=N\C1(N(C=O)C(CCC(C)(C)C)c2ccc(C(=O)NCC(=N)N)cc2)CCC(C(C)(C)C)CC1. The molecule has 1 aliphatic rings. The number of carbonyl (C=O) groups excluding carboxylic acids is 2. The lowest BCUT2D eigenvalue weighted by molar-refractivity contribution is -0.130. The van der Waals surface area contributed by atoms with Crippen molar-refractivity contribution >= 4 is 40.9 Å². The molecule has 1 aromatic rings. The van der Waals surface area contributed by atoms with Gasteiger partial charge in [-0.25, -0.2) is 8.42 Å². The number of rotatable bonds is 15. The third-order valence-electron chi connectivity index (χ3n) is 9.14. The van der Waals surface area contributed by atoms with Gasteiger partial charge in [0.15, 0.2) is 9.84 Å². The summed E-state index contributed by atoms with van der Waals surface area (Å²) in [6.07, 6.45) is 13.3. The van der Waals surface area contributed by atoms with Crippen LogP contribution in [0.2, 0.25) is 0 Å². The number of benzene rings is 1. The van der Waals surface area contributed by atoms with Crippen molar-refractivity contribution in [2.45, 2.75) is 146 Å². The van der Waals surface area contributed by atoms with Crippen LogP contribution in [-0.2, 0) is 14.6 Å². The van der Waals surface area contributed by atoms with Crippen molar-refractivity contribution in [1.29, 1.82) is 5.41 Å². The first-order valence-corrected chi connectivity index (χ1v) is 21.4.